The summed E-state index contributed by atoms with van der Waals surface area (Å²) in [5.74, 6) is 4.89. The minimum Gasteiger partial charge on any atom is -0.304 e. The number of hydrogen-bond acceptors (Lipinski definition) is 2. The third-order valence-corrected chi connectivity index (χ3v) is 2.09. The van der Waals surface area contributed by atoms with Crippen LogP contribution in [0.3, 0.4) is 0 Å². The molecule has 1 rings (SSSR count). The molecule has 12 heavy (non-hydrogen) atoms. The van der Waals surface area contributed by atoms with Gasteiger partial charge in [0, 0.05) is 10.0 Å². The Labute approximate surface area is 81.2 Å². The lowest BCUT2D eigenvalue weighted by Crippen LogP contribution is -2.03. The molecule has 1 aromatic carbocycles. The highest BCUT2D eigenvalue weighted by Gasteiger charge is 2.00. The van der Waals surface area contributed by atoms with Gasteiger partial charge in [-0.15, -0.1) is 0 Å². The van der Waals surface area contributed by atoms with Crippen LogP contribution in [0.4, 0.5) is 0 Å². The van der Waals surface area contributed by atoms with Crippen LogP contribution in [-0.2, 0) is 11.3 Å². The first-order valence-corrected chi connectivity index (χ1v) is 4.25. The molecule has 0 unspecified atom stereocenters. The van der Waals surface area contributed by atoms with Gasteiger partial charge in [0.05, 0.1) is 6.61 Å². The molecule has 4 heteroatoms. The second-order valence-corrected chi connectivity index (χ2v) is 3.20. The molecule has 66 valence electrons. The lowest BCUT2D eigenvalue weighted by molar-refractivity contribution is 0.141. The molecule has 0 saturated heterocycles. The van der Waals surface area contributed by atoms with Crippen molar-refractivity contribution in [3.63, 3.8) is 0 Å². The Balaban J connectivity index is 2.72. The predicted molar refractivity (Wildman–Crippen MR) is 50.3 cm³/mol. The molecule has 2 N–H and O–H groups in total. The Morgan fingerprint density at radius 3 is 2.67 bits per heavy atom. The van der Waals surface area contributed by atoms with Gasteiger partial charge in [0.25, 0.3) is 0 Å². The zero-order valence-corrected chi connectivity index (χ0v) is 7.90. The number of hydrogen-bond donors (Lipinski definition) is 1. The fourth-order valence-electron chi connectivity index (χ4n) is 0.893. The normalized spacial score (nSPS) is 10.2. The first kappa shape index (κ1) is 9.81. The van der Waals surface area contributed by atoms with Gasteiger partial charge in [0.15, 0.2) is 0 Å². The van der Waals surface area contributed by atoms with Crippen LogP contribution in [0.1, 0.15) is 5.56 Å². The summed E-state index contributed by atoms with van der Waals surface area (Å²) in [6.07, 6.45) is 0.701. The lowest BCUT2D eigenvalue weighted by atomic mass is 10.2. The van der Waals surface area contributed by atoms with Crippen LogP contribution in [0.25, 0.3) is 0 Å². The third kappa shape index (κ3) is 2.64. The maximum Gasteiger partial charge on any atom is 0.0720 e. The Morgan fingerprint density at radius 1 is 1.33 bits per heavy atom. The van der Waals surface area contributed by atoms with Crippen molar-refractivity contribution in [2.24, 2.45) is 5.90 Å². The molecule has 0 radical (unpaired) electrons. The summed E-state index contributed by atoms with van der Waals surface area (Å²) in [5, 5.41) is 1.29. The van der Waals surface area contributed by atoms with Crippen molar-refractivity contribution in [1.82, 2.24) is 0 Å². The van der Waals surface area contributed by atoms with E-state index in [1.807, 2.05) is 6.07 Å². The molecule has 0 fully saturated rings. The van der Waals surface area contributed by atoms with Gasteiger partial charge in [-0.3, -0.25) is 0 Å². The summed E-state index contributed by atoms with van der Waals surface area (Å²) in [7, 11) is 0. The van der Waals surface area contributed by atoms with Crippen LogP contribution >= 0.6 is 23.2 Å². The topological polar surface area (TPSA) is 35.2 Å². The maximum absolute atomic E-state index is 5.88. The predicted octanol–water partition coefficient (Wildman–Crippen LogP) is 2.43. The van der Waals surface area contributed by atoms with E-state index in [-0.39, 0.29) is 0 Å². The monoisotopic (exact) mass is 205 g/mol. The van der Waals surface area contributed by atoms with E-state index in [9.17, 15) is 0 Å². The molecule has 0 atom stereocenters. The van der Waals surface area contributed by atoms with Crippen molar-refractivity contribution in [3.8, 4) is 0 Å². The fourth-order valence-corrected chi connectivity index (χ4v) is 1.40. The molecule has 1 aromatic rings. The summed E-state index contributed by atoms with van der Waals surface area (Å²) in [6.45, 7) is 0.460. The van der Waals surface area contributed by atoms with Gasteiger partial charge in [-0.25, -0.2) is 5.90 Å². The van der Waals surface area contributed by atoms with E-state index in [4.69, 9.17) is 29.1 Å². The van der Waals surface area contributed by atoms with Crippen molar-refractivity contribution in [2.75, 3.05) is 6.61 Å². The molecule has 0 aliphatic rings. The summed E-state index contributed by atoms with van der Waals surface area (Å²) in [6, 6.07) is 5.36. The molecular weight excluding hydrogens is 197 g/mol. The van der Waals surface area contributed by atoms with Crippen molar-refractivity contribution >= 4 is 23.2 Å². The van der Waals surface area contributed by atoms with Crippen molar-refractivity contribution in [3.05, 3.63) is 33.8 Å². The van der Waals surface area contributed by atoms with E-state index in [1.165, 1.54) is 0 Å². The Kier molecular flexibility index (Phi) is 3.82. The summed E-state index contributed by atoms with van der Waals surface area (Å²) in [4.78, 5) is 4.44. The molecule has 0 aliphatic heterocycles. The molecule has 2 nitrogen and oxygen atoms in total. The minimum atomic E-state index is 0.460. The van der Waals surface area contributed by atoms with Gasteiger partial charge in [0.2, 0.25) is 0 Å². The van der Waals surface area contributed by atoms with Crippen molar-refractivity contribution in [2.45, 2.75) is 6.42 Å². The Morgan fingerprint density at radius 2 is 2.08 bits per heavy atom. The highest BCUT2D eigenvalue weighted by Crippen LogP contribution is 2.21. The molecular formula is C8H9Cl2NO. The summed E-state index contributed by atoms with van der Waals surface area (Å²) < 4.78 is 0. The van der Waals surface area contributed by atoms with E-state index in [1.54, 1.807) is 12.1 Å². The van der Waals surface area contributed by atoms with Gasteiger partial charge in [-0.05, 0) is 24.1 Å². The molecule has 0 saturated carbocycles. The SMILES string of the molecule is NOCCc1ccc(Cl)cc1Cl. The smallest absolute Gasteiger partial charge is 0.0720 e. The number of nitrogens with two attached hydrogens (primary N) is 1. The molecule has 0 spiro atoms. The maximum atomic E-state index is 5.88. The summed E-state index contributed by atoms with van der Waals surface area (Å²) >= 11 is 11.6. The van der Waals surface area contributed by atoms with Crippen LogP contribution in [0, 0.1) is 0 Å². The van der Waals surface area contributed by atoms with Gasteiger partial charge >= 0.3 is 0 Å². The van der Waals surface area contributed by atoms with Crippen LogP contribution in [0.2, 0.25) is 10.0 Å². The number of rotatable bonds is 3. The zero-order chi connectivity index (χ0) is 8.97. The first-order valence-electron chi connectivity index (χ1n) is 3.49. The van der Waals surface area contributed by atoms with E-state index < -0.39 is 0 Å². The zero-order valence-electron chi connectivity index (χ0n) is 6.39. The first-order chi connectivity index (χ1) is 5.74. The molecule has 0 amide bonds. The van der Waals surface area contributed by atoms with Crippen molar-refractivity contribution < 1.29 is 4.84 Å². The van der Waals surface area contributed by atoms with Crippen LogP contribution in [0.5, 0.6) is 0 Å². The number of halogens is 2. The van der Waals surface area contributed by atoms with E-state index in [0.717, 1.165) is 5.56 Å². The molecule has 0 bridgehead atoms. The van der Waals surface area contributed by atoms with Gasteiger partial charge < -0.3 is 4.84 Å². The van der Waals surface area contributed by atoms with Crippen LogP contribution in [0.15, 0.2) is 18.2 Å². The number of benzene rings is 1. The van der Waals surface area contributed by atoms with E-state index >= 15 is 0 Å². The molecule has 0 aromatic heterocycles. The van der Waals surface area contributed by atoms with Gasteiger partial charge in [-0.2, -0.15) is 0 Å². The van der Waals surface area contributed by atoms with Crippen molar-refractivity contribution in [1.29, 1.82) is 0 Å². The van der Waals surface area contributed by atoms with Crippen LogP contribution < -0.4 is 5.90 Å². The standard InChI is InChI=1S/C8H9Cl2NO/c9-7-2-1-6(3-4-12-11)8(10)5-7/h1-2,5H,3-4,11H2. The molecule has 0 aliphatic carbocycles. The second kappa shape index (κ2) is 4.67. The fraction of sp³-hybridized carbons (Fsp3) is 0.250. The average Bonchev–Trinajstić information content (AvgIpc) is 2.03. The highest BCUT2D eigenvalue weighted by atomic mass is 35.5. The Hall–Kier alpha value is -0.280. The summed E-state index contributed by atoms with van der Waals surface area (Å²) in [5.41, 5.74) is 0.992. The lowest BCUT2D eigenvalue weighted by Gasteiger charge is -2.02. The van der Waals surface area contributed by atoms with E-state index in [2.05, 4.69) is 4.84 Å². The minimum absolute atomic E-state index is 0.460. The average molecular weight is 206 g/mol. The van der Waals surface area contributed by atoms with Gasteiger partial charge in [0.1, 0.15) is 0 Å². The highest BCUT2D eigenvalue weighted by molar-refractivity contribution is 6.35. The molecule has 0 heterocycles. The quantitative estimate of drug-likeness (QED) is 0.770. The van der Waals surface area contributed by atoms with Crippen LogP contribution in [-0.4, -0.2) is 6.61 Å². The Bertz CT molecular complexity index is 265. The van der Waals surface area contributed by atoms with E-state index in [0.29, 0.717) is 23.1 Å². The largest absolute Gasteiger partial charge is 0.304 e. The van der Waals surface area contributed by atoms with Gasteiger partial charge in [-0.1, -0.05) is 29.3 Å². The third-order valence-electron chi connectivity index (χ3n) is 1.50. The second-order valence-electron chi connectivity index (χ2n) is 2.36.